The summed E-state index contributed by atoms with van der Waals surface area (Å²) in [4.78, 5) is 28.4. The van der Waals surface area contributed by atoms with E-state index in [-0.39, 0.29) is 11.6 Å². The van der Waals surface area contributed by atoms with Crippen LogP contribution in [-0.4, -0.2) is 53.0 Å². The van der Waals surface area contributed by atoms with E-state index in [0.29, 0.717) is 23.4 Å². The van der Waals surface area contributed by atoms with Crippen LogP contribution in [0.1, 0.15) is 51.4 Å². The van der Waals surface area contributed by atoms with Crippen LogP contribution >= 0.6 is 0 Å². The van der Waals surface area contributed by atoms with E-state index < -0.39 is 5.97 Å². The van der Waals surface area contributed by atoms with Gasteiger partial charge in [-0.3, -0.25) is 4.79 Å². The third-order valence-electron chi connectivity index (χ3n) is 4.01. The first kappa shape index (κ1) is 15.6. The molecule has 2 heterocycles. The van der Waals surface area contributed by atoms with Crippen LogP contribution in [-0.2, 0) is 0 Å². The first-order valence-electron chi connectivity index (χ1n) is 7.43. The predicted molar refractivity (Wildman–Crippen MR) is 79.9 cm³/mol. The maximum atomic E-state index is 12.2. The number of rotatable bonds is 6. The number of hydrogen-bond donors (Lipinski definition) is 3. The molecule has 1 aromatic heterocycles. The Morgan fingerprint density at radius 1 is 1.29 bits per heavy atom. The lowest BCUT2D eigenvalue weighted by Crippen LogP contribution is -2.29. The Bertz CT molecular complexity index is 531. The van der Waals surface area contributed by atoms with Crippen LogP contribution in [0.25, 0.3) is 0 Å². The zero-order valence-electron chi connectivity index (χ0n) is 12.7. The summed E-state index contributed by atoms with van der Waals surface area (Å²) in [6, 6.07) is 0. The van der Waals surface area contributed by atoms with Gasteiger partial charge in [-0.2, -0.15) is 0 Å². The van der Waals surface area contributed by atoms with Crippen LogP contribution in [0, 0.1) is 13.8 Å². The summed E-state index contributed by atoms with van der Waals surface area (Å²) in [6.45, 7) is 7.32. The number of aromatic carboxylic acids is 1. The highest BCUT2D eigenvalue weighted by Gasteiger charge is 2.21. The molecule has 0 radical (unpaired) electrons. The summed E-state index contributed by atoms with van der Waals surface area (Å²) in [5.74, 6) is -1.24. The van der Waals surface area contributed by atoms with E-state index in [1.54, 1.807) is 13.8 Å². The summed E-state index contributed by atoms with van der Waals surface area (Å²) < 4.78 is 0. The topological polar surface area (TPSA) is 85.4 Å². The number of carbonyl (C=O) groups is 2. The lowest BCUT2D eigenvalue weighted by atomic mass is 10.1. The number of likely N-dealkylation sites (tertiary alicyclic amines) is 1. The quantitative estimate of drug-likeness (QED) is 0.695. The van der Waals surface area contributed by atoms with Gasteiger partial charge in [0.25, 0.3) is 5.91 Å². The van der Waals surface area contributed by atoms with Gasteiger partial charge in [0.1, 0.15) is 5.69 Å². The molecule has 21 heavy (non-hydrogen) atoms. The zero-order valence-corrected chi connectivity index (χ0v) is 12.7. The van der Waals surface area contributed by atoms with Gasteiger partial charge in [0.05, 0.1) is 5.56 Å². The summed E-state index contributed by atoms with van der Waals surface area (Å²) in [6.07, 6.45) is 3.46. The lowest BCUT2D eigenvalue weighted by Gasteiger charge is -2.14. The van der Waals surface area contributed by atoms with Gasteiger partial charge < -0.3 is 20.3 Å². The number of carbonyl (C=O) groups excluding carboxylic acids is 1. The zero-order chi connectivity index (χ0) is 15.4. The normalized spacial score (nSPS) is 15.3. The maximum absolute atomic E-state index is 12.2. The number of carboxylic acids is 1. The van der Waals surface area contributed by atoms with E-state index in [1.807, 2.05) is 0 Å². The van der Waals surface area contributed by atoms with Crippen molar-refractivity contribution in [2.24, 2.45) is 0 Å². The van der Waals surface area contributed by atoms with Gasteiger partial charge in [0.2, 0.25) is 0 Å². The molecule has 116 valence electrons. The van der Waals surface area contributed by atoms with Crippen LogP contribution in [0.4, 0.5) is 0 Å². The van der Waals surface area contributed by atoms with E-state index in [9.17, 15) is 9.59 Å². The van der Waals surface area contributed by atoms with Crippen LogP contribution in [0.5, 0.6) is 0 Å². The second-order valence-corrected chi connectivity index (χ2v) is 5.59. The Morgan fingerprint density at radius 3 is 2.52 bits per heavy atom. The van der Waals surface area contributed by atoms with E-state index in [1.165, 1.54) is 12.8 Å². The fourth-order valence-corrected chi connectivity index (χ4v) is 2.90. The standard InChI is InChI=1S/C15H23N3O3/c1-10-12(11(2)17-13(10)15(20)21)14(19)16-6-5-9-18-7-3-4-8-18/h17H,3-9H2,1-2H3,(H,16,19)(H,20,21). The highest BCUT2D eigenvalue weighted by molar-refractivity contribution is 6.00. The number of hydrogen-bond acceptors (Lipinski definition) is 3. The minimum Gasteiger partial charge on any atom is -0.477 e. The van der Waals surface area contributed by atoms with E-state index in [0.717, 1.165) is 26.1 Å². The summed E-state index contributed by atoms with van der Waals surface area (Å²) in [5, 5.41) is 11.9. The molecule has 6 nitrogen and oxygen atoms in total. The molecule has 0 atom stereocenters. The molecule has 1 fully saturated rings. The highest BCUT2D eigenvalue weighted by atomic mass is 16.4. The number of carboxylic acid groups (broad SMARTS) is 1. The Kier molecular flexibility index (Phi) is 5.01. The molecule has 1 aliphatic heterocycles. The number of nitrogens with one attached hydrogen (secondary N) is 2. The third kappa shape index (κ3) is 3.64. The molecule has 0 unspecified atom stereocenters. The minimum absolute atomic E-state index is 0.0923. The number of aryl methyl sites for hydroxylation is 1. The smallest absolute Gasteiger partial charge is 0.352 e. The minimum atomic E-state index is -1.04. The second-order valence-electron chi connectivity index (χ2n) is 5.59. The SMILES string of the molecule is Cc1[nH]c(C(=O)O)c(C)c1C(=O)NCCCN1CCCC1. The lowest BCUT2D eigenvalue weighted by molar-refractivity contribution is 0.0690. The molecule has 1 saturated heterocycles. The molecule has 1 aromatic rings. The molecular formula is C15H23N3O3. The molecule has 1 aliphatic rings. The predicted octanol–water partition coefficient (Wildman–Crippen LogP) is 1.55. The van der Waals surface area contributed by atoms with Crippen LogP contribution in [0.15, 0.2) is 0 Å². The van der Waals surface area contributed by atoms with Crippen LogP contribution < -0.4 is 5.32 Å². The summed E-state index contributed by atoms with van der Waals surface area (Å²) >= 11 is 0. The molecule has 2 rings (SSSR count). The average molecular weight is 293 g/mol. The van der Waals surface area contributed by atoms with Gasteiger partial charge in [-0.05, 0) is 58.3 Å². The van der Waals surface area contributed by atoms with Crippen LogP contribution in [0.3, 0.4) is 0 Å². The first-order valence-corrected chi connectivity index (χ1v) is 7.43. The molecule has 3 N–H and O–H groups in total. The summed E-state index contributed by atoms with van der Waals surface area (Å²) in [7, 11) is 0. The van der Waals surface area contributed by atoms with Gasteiger partial charge in [-0.15, -0.1) is 0 Å². The van der Waals surface area contributed by atoms with E-state index in [2.05, 4.69) is 15.2 Å². The Labute approximate surface area is 124 Å². The number of aromatic nitrogens is 1. The number of nitrogens with zero attached hydrogens (tertiary/aromatic N) is 1. The second kappa shape index (κ2) is 6.76. The Hall–Kier alpha value is -1.82. The number of H-pyrrole nitrogens is 1. The van der Waals surface area contributed by atoms with Crippen molar-refractivity contribution in [1.82, 2.24) is 15.2 Å². The van der Waals surface area contributed by atoms with Crippen molar-refractivity contribution in [2.75, 3.05) is 26.2 Å². The average Bonchev–Trinajstić information content (AvgIpc) is 3.03. The van der Waals surface area contributed by atoms with Crippen molar-refractivity contribution < 1.29 is 14.7 Å². The fraction of sp³-hybridized carbons (Fsp3) is 0.600. The molecule has 0 spiro atoms. The van der Waals surface area contributed by atoms with Gasteiger partial charge in [0.15, 0.2) is 0 Å². The van der Waals surface area contributed by atoms with Gasteiger partial charge >= 0.3 is 5.97 Å². The fourth-order valence-electron chi connectivity index (χ4n) is 2.90. The number of amides is 1. The largest absolute Gasteiger partial charge is 0.477 e. The van der Waals surface area contributed by atoms with Crippen molar-refractivity contribution in [3.63, 3.8) is 0 Å². The Balaban J connectivity index is 1.86. The Morgan fingerprint density at radius 2 is 1.95 bits per heavy atom. The van der Waals surface area contributed by atoms with E-state index >= 15 is 0 Å². The highest BCUT2D eigenvalue weighted by Crippen LogP contribution is 2.17. The molecule has 6 heteroatoms. The molecular weight excluding hydrogens is 270 g/mol. The molecule has 0 saturated carbocycles. The molecule has 0 bridgehead atoms. The molecule has 0 aliphatic carbocycles. The summed E-state index contributed by atoms with van der Waals surface area (Å²) in [5.41, 5.74) is 1.64. The maximum Gasteiger partial charge on any atom is 0.352 e. The molecule has 1 amide bonds. The van der Waals surface area contributed by atoms with E-state index in [4.69, 9.17) is 5.11 Å². The van der Waals surface area contributed by atoms with Gasteiger partial charge in [0, 0.05) is 12.2 Å². The van der Waals surface area contributed by atoms with Crippen molar-refractivity contribution in [2.45, 2.75) is 33.1 Å². The molecule has 0 aromatic carbocycles. The monoisotopic (exact) mass is 293 g/mol. The van der Waals surface area contributed by atoms with Crippen molar-refractivity contribution >= 4 is 11.9 Å². The van der Waals surface area contributed by atoms with Crippen molar-refractivity contribution in [3.05, 3.63) is 22.5 Å². The third-order valence-corrected chi connectivity index (χ3v) is 4.01. The van der Waals surface area contributed by atoms with Gasteiger partial charge in [-0.1, -0.05) is 0 Å². The van der Waals surface area contributed by atoms with Gasteiger partial charge in [-0.25, -0.2) is 4.79 Å². The first-order chi connectivity index (χ1) is 10.0. The number of aromatic amines is 1. The van der Waals surface area contributed by atoms with Crippen molar-refractivity contribution in [1.29, 1.82) is 0 Å². The van der Waals surface area contributed by atoms with Crippen molar-refractivity contribution in [3.8, 4) is 0 Å². The van der Waals surface area contributed by atoms with Crippen LogP contribution in [0.2, 0.25) is 0 Å².